The summed E-state index contributed by atoms with van der Waals surface area (Å²) in [5.74, 6) is -0.472. The summed E-state index contributed by atoms with van der Waals surface area (Å²) >= 11 is 1.24. The van der Waals surface area contributed by atoms with Crippen molar-refractivity contribution in [1.82, 2.24) is 4.98 Å². The summed E-state index contributed by atoms with van der Waals surface area (Å²) in [6.07, 6.45) is 1.55. The van der Waals surface area contributed by atoms with Gasteiger partial charge in [0.2, 0.25) is 0 Å². The highest BCUT2D eigenvalue weighted by Crippen LogP contribution is 2.32. The molecule has 0 spiro atoms. The molecule has 0 saturated heterocycles. The molecule has 108 valence electrons. The van der Waals surface area contributed by atoms with Crippen LogP contribution in [0.25, 0.3) is 0 Å². The van der Waals surface area contributed by atoms with Gasteiger partial charge in [0.1, 0.15) is 5.82 Å². The summed E-state index contributed by atoms with van der Waals surface area (Å²) in [5, 5.41) is 2.11. The van der Waals surface area contributed by atoms with Crippen molar-refractivity contribution in [2.75, 3.05) is 4.31 Å². The molecular formula is C13H15FN2O2S2. The van der Waals surface area contributed by atoms with Gasteiger partial charge in [-0.15, -0.1) is 11.3 Å². The first-order valence-electron chi connectivity index (χ1n) is 5.93. The first kappa shape index (κ1) is 14.9. The number of halogens is 1. The molecule has 1 heterocycles. The van der Waals surface area contributed by atoms with E-state index in [1.807, 2.05) is 0 Å². The summed E-state index contributed by atoms with van der Waals surface area (Å²) in [6.45, 7) is 5.36. The molecular weight excluding hydrogens is 299 g/mol. The van der Waals surface area contributed by atoms with Gasteiger partial charge >= 0.3 is 0 Å². The van der Waals surface area contributed by atoms with Crippen molar-refractivity contribution < 1.29 is 12.8 Å². The van der Waals surface area contributed by atoms with Crippen LogP contribution < -0.4 is 4.31 Å². The number of rotatable bonds is 3. The smallest absolute Gasteiger partial charge is 0.236 e. The summed E-state index contributed by atoms with van der Waals surface area (Å²) in [5.41, 5.74) is -0.676. The van der Waals surface area contributed by atoms with Crippen molar-refractivity contribution in [2.24, 2.45) is 0 Å². The third kappa shape index (κ3) is 2.83. The lowest BCUT2D eigenvalue weighted by Gasteiger charge is -2.34. The van der Waals surface area contributed by atoms with Crippen molar-refractivity contribution in [3.05, 3.63) is 41.7 Å². The lowest BCUT2D eigenvalue weighted by atomic mass is 10.1. The summed E-state index contributed by atoms with van der Waals surface area (Å²) in [7, 11) is -3.78. The molecule has 0 aliphatic carbocycles. The van der Waals surface area contributed by atoms with E-state index in [9.17, 15) is 12.8 Å². The van der Waals surface area contributed by atoms with Crippen molar-refractivity contribution in [2.45, 2.75) is 31.2 Å². The topological polar surface area (TPSA) is 50.3 Å². The van der Waals surface area contributed by atoms with E-state index in [2.05, 4.69) is 4.98 Å². The molecule has 4 nitrogen and oxygen atoms in total. The van der Waals surface area contributed by atoms with Gasteiger partial charge in [0.15, 0.2) is 5.13 Å². The Hall–Kier alpha value is -1.47. The molecule has 2 rings (SSSR count). The lowest BCUT2D eigenvalue weighted by molar-refractivity contribution is 0.535. The van der Waals surface area contributed by atoms with Gasteiger partial charge in [-0.2, -0.15) is 0 Å². The van der Waals surface area contributed by atoms with Crippen LogP contribution in [0.4, 0.5) is 9.52 Å². The predicted octanol–water partition coefficient (Wildman–Crippen LogP) is 3.28. The Morgan fingerprint density at radius 3 is 2.25 bits per heavy atom. The van der Waals surface area contributed by atoms with Gasteiger partial charge in [-0.1, -0.05) is 0 Å². The molecule has 0 bridgehead atoms. The Morgan fingerprint density at radius 1 is 1.20 bits per heavy atom. The number of benzene rings is 1. The molecule has 7 heteroatoms. The highest BCUT2D eigenvalue weighted by atomic mass is 32.2. The van der Waals surface area contributed by atoms with Crippen LogP contribution in [0.2, 0.25) is 0 Å². The van der Waals surface area contributed by atoms with E-state index in [-0.39, 0.29) is 4.90 Å². The van der Waals surface area contributed by atoms with E-state index in [0.29, 0.717) is 5.13 Å². The molecule has 0 unspecified atom stereocenters. The molecule has 0 atom stereocenters. The Kier molecular flexibility index (Phi) is 3.84. The van der Waals surface area contributed by atoms with Crippen LogP contribution in [0.5, 0.6) is 0 Å². The van der Waals surface area contributed by atoms with Crippen LogP contribution in [0, 0.1) is 5.82 Å². The summed E-state index contributed by atoms with van der Waals surface area (Å²) in [4.78, 5) is 4.13. The first-order chi connectivity index (χ1) is 9.23. The highest BCUT2D eigenvalue weighted by Gasteiger charge is 2.35. The molecule has 2 aromatic rings. The van der Waals surface area contributed by atoms with Crippen LogP contribution in [0.1, 0.15) is 20.8 Å². The predicted molar refractivity (Wildman–Crippen MR) is 77.9 cm³/mol. The molecule has 20 heavy (non-hydrogen) atoms. The SMILES string of the molecule is CC(C)(C)N(c1nccs1)S(=O)(=O)c1ccc(F)cc1. The fourth-order valence-corrected chi connectivity index (χ4v) is 4.60. The number of aromatic nitrogens is 1. The van der Waals surface area contributed by atoms with Crippen molar-refractivity contribution in [1.29, 1.82) is 0 Å². The van der Waals surface area contributed by atoms with Crippen LogP contribution in [0.15, 0.2) is 40.7 Å². The first-order valence-corrected chi connectivity index (χ1v) is 8.25. The average Bonchev–Trinajstić information content (AvgIpc) is 2.80. The zero-order chi connectivity index (χ0) is 15.0. The minimum absolute atomic E-state index is 0.0454. The normalized spacial score (nSPS) is 12.4. The molecule has 0 fully saturated rings. The number of nitrogens with zero attached hydrogens (tertiary/aromatic N) is 2. The molecule has 0 amide bonds. The van der Waals surface area contributed by atoms with Gasteiger partial charge in [-0.3, -0.25) is 0 Å². The van der Waals surface area contributed by atoms with Gasteiger partial charge in [-0.25, -0.2) is 22.1 Å². The zero-order valence-electron chi connectivity index (χ0n) is 11.4. The molecule has 0 radical (unpaired) electrons. The quantitative estimate of drug-likeness (QED) is 0.873. The fourth-order valence-electron chi connectivity index (χ4n) is 1.78. The monoisotopic (exact) mass is 314 g/mol. The molecule has 0 aliphatic rings. The molecule has 0 aliphatic heterocycles. The average molecular weight is 314 g/mol. The highest BCUT2D eigenvalue weighted by molar-refractivity contribution is 7.93. The zero-order valence-corrected chi connectivity index (χ0v) is 13.0. The summed E-state index contributed by atoms with van der Waals surface area (Å²) in [6, 6.07) is 4.79. The van der Waals surface area contributed by atoms with E-state index >= 15 is 0 Å². The van der Waals surface area contributed by atoms with E-state index in [0.717, 1.165) is 12.1 Å². The number of hydrogen-bond donors (Lipinski definition) is 0. The minimum Gasteiger partial charge on any atom is -0.236 e. The number of hydrogen-bond acceptors (Lipinski definition) is 4. The van der Waals surface area contributed by atoms with Crippen molar-refractivity contribution in [3.63, 3.8) is 0 Å². The van der Waals surface area contributed by atoms with Crippen LogP contribution in [-0.2, 0) is 10.0 Å². The van der Waals surface area contributed by atoms with Crippen LogP contribution in [0.3, 0.4) is 0 Å². The number of thiazole rings is 1. The molecule has 0 N–H and O–H groups in total. The van der Waals surface area contributed by atoms with Crippen molar-refractivity contribution >= 4 is 26.5 Å². The largest absolute Gasteiger partial charge is 0.266 e. The lowest BCUT2D eigenvalue weighted by Crippen LogP contribution is -2.45. The second-order valence-electron chi connectivity index (χ2n) is 5.21. The van der Waals surface area contributed by atoms with Gasteiger partial charge in [0.25, 0.3) is 10.0 Å². The van der Waals surface area contributed by atoms with Crippen LogP contribution >= 0.6 is 11.3 Å². The Balaban J connectivity index is 2.56. The fraction of sp³-hybridized carbons (Fsp3) is 0.308. The van der Waals surface area contributed by atoms with E-state index in [1.54, 1.807) is 32.3 Å². The van der Waals surface area contributed by atoms with Gasteiger partial charge in [0.05, 0.1) is 10.4 Å². The second kappa shape index (κ2) is 5.14. The maximum absolute atomic E-state index is 13.0. The standard InChI is InChI=1S/C13H15FN2O2S2/c1-13(2,3)16(12-15-8-9-19-12)20(17,18)11-6-4-10(14)5-7-11/h4-9H,1-3H3. The Morgan fingerprint density at radius 2 is 1.80 bits per heavy atom. The van der Waals surface area contributed by atoms with E-state index in [1.165, 1.54) is 27.8 Å². The molecule has 1 aromatic heterocycles. The molecule has 1 aromatic carbocycles. The summed E-state index contributed by atoms with van der Waals surface area (Å²) < 4.78 is 39.7. The third-order valence-electron chi connectivity index (χ3n) is 2.55. The van der Waals surface area contributed by atoms with Gasteiger partial charge < -0.3 is 0 Å². The third-order valence-corrected chi connectivity index (χ3v) is 5.50. The van der Waals surface area contributed by atoms with Gasteiger partial charge in [-0.05, 0) is 45.0 Å². The van der Waals surface area contributed by atoms with Crippen molar-refractivity contribution in [3.8, 4) is 0 Å². The number of sulfonamides is 1. The maximum Gasteiger partial charge on any atom is 0.266 e. The van der Waals surface area contributed by atoms with E-state index < -0.39 is 21.4 Å². The van der Waals surface area contributed by atoms with Gasteiger partial charge in [0, 0.05) is 11.6 Å². The van der Waals surface area contributed by atoms with E-state index in [4.69, 9.17) is 0 Å². The van der Waals surface area contributed by atoms with Crippen LogP contribution in [-0.4, -0.2) is 18.9 Å². The maximum atomic E-state index is 13.0. The second-order valence-corrected chi connectivity index (χ2v) is 7.87. The number of anilines is 1. The Labute approximate surface area is 121 Å². The molecule has 0 saturated carbocycles. The Bertz CT molecular complexity index is 674. The minimum atomic E-state index is -3.78.